The van der Waals surface area contributed by atoms with Gasteiger partial charge in [-0.05, 0) is 36.8 Å². The van der Waals surface area contributed by atoms with Gasteiger partial charge in [-0.3, -0.25) is 0 Å². The van der Waals surface area contributed by atoms with Crippen molar-refractivity contribution >= 4 is 11.7 Å². The summed E-state index contributed by atoms with van der Waals surface area (Å²) >= 11 is 0. The SMILES string of the molecule is COC(=O)c1ccc(NC(C)c2ccccc2)cc1. The first kappa shape index (κ1) is 13.1. The topological polar surface area (TPSA) is 38.3 Å². The van der Waals surface area contributed by atoms with Crippen LogP contribution in [0.2, 0.25) is 0 Å². The highest BCUT2D eigenvalue weighted by Gasteiger charge is 2.07. The van der Waals surface area contributed by atoms with Gasteiger partial charge in [-0.25, -0.2) is 4.79 Å². The Bertz CT molecular complexity index is 534. The van der Waals surface area contributed by atoms with Crippen molar-refractivity contribution in [3.05, 3.63) is 65.7 Å². The van der Waals surface area contributed by atoms with E-state index in [-0.39, 0.29) is 12.0 Å². The Morgan fingerprint density at radius 1 is 1.05 bits per heavy atom. The standard InChI is InChI=1S/C16H17NO2/c1-12(13-6-4-3-5-7-13)17-15-10-8-14(9-11-15)16(18)19-2/h3-12,17H,1-2H3. The van der Waals surface area contributed by atoms with E-state index >= 15 is 0 Å². The van der Waals surface area contributed by atoms with Gasteiger partial charge in [0.05, 0.1) is 12.7 Å². The first-order chi connectivity index (χ1) is 9.20. The molecule has 0 aliphatic carbocycles. The van der Waals surface area contributed by atoms with E-state index in [1.165, 1.54) is 12.7 Å². The molecule has 0 saturated heterocycles. The van der Waals surface area contributed by atoms with Gasteiger partial charge in [-0.1, -0.05) is 30.3 Å². The maximum Gasteiger partial charge on any atom is 0.337 e. The van der Waals surface area contributed by atoms with E-state index in [1.807, 2.05) is 30.3 Å². The lowest BCUT2D eigenvalue weighted by Crippen LogP contribution is -2.07. The molecule has 0 amide bonds. The summed E-state index contributed by atoms with van der Waals surface area (Å²) in [7, 11) is 1.38. The highest BCUT2D eigenvalue weighted by atomic mass is 16.5. The number of methoxy groups -OCH3 is 1. The lowest BCUT2D eigenvalue weighted by molar-refractivity contribution is 0.0601. The minimum Gasteiger partial charge on any atom is -0.465 e. The van der Waals surface area contributed by atoms with Crippen molar-refractivity contribution in [3.63, 3.8) is 0 Å². The molecule has 0 aromatic heterocycles. The fourth-order valence-electron chi connectivity index (χ4n) is 1.90. The van der Waals surface area contributed by atoms with Crippen LogP contribution in [0, 0.1) is 0 Å². The number of carbonyl (C=O) groups is 1. The van der Waals surface area contributed by atoms with Crippen LogP contribution < -0.4 is 5.32 Å². The molecule has 19 heavy (non-hydrogen) atoms. The quantitative estimate of drug-likeness (QED) is 0.847. The van der Waals surface area contributed by atoms with E-state index in [0.717, 1.165) is 5.69 Å². The van der Waals surface area contributed by atoms with Crippen molar-refractivity contribution in [3.8, 4) is 0 Å². The Hall–Kier alpha value is -2.29. The maximum atomic E-state index is 11.3. The molecule has 1 unspecified atom stereocenters. The van der Waals surface area contributed by atoms with Crippen LogP contribution in [0.1, 0.15) is 28.9 Å². The molecule has 2 rings (SSSR count). The minimum atomic E-state index is -0.317. The van der Waals surface area contributed by atoms with E-state index in [9.17, 15) is 4.79 Å². The van der Waals surface area contributed by atoms with Gasteiger partial charge in [0.2, 0.25) is 0 Å². The van der Waals surface area contributed by atoms with Crippen molar-refractivity contribution in [1.82, 2.24) is 0 Å². The second kappa shape index (κ2) is 6.05. The molecule has 3 heteroatoms. The first-order valence-corrected chi connectivity index (χ1v) is 6.20. The van der Waals surface area contributed by atoms with Gasteiger partial charge in [-0.2, -0.15) is 0 Å². The van der Waals surface area contributed by atoms with Crippen LogP contribution in [-0.2, 0) is 4.74 Å². The smallest absolute Gasteiger partial charge is 0.337 e. The number of anilines is 1. The predicted octanol–water partition coefficient (Wildman–Crippen LogP) is 3.65. The van der Waals surface area contributed by atoms with Gasteiger partial charge in [0.15, 0.2) is 0 Å². The fourth-order valence-corrected chi connectivity index (χ4v) is 1.90. The molecule has 1 N–H and O–H groups in total. The number of rotatable bonds is 4. The summed E-state index contributed by atoms with van der Waals surface area (Å²) in [6.07, 6.45) is 0. The van der Waals surface area contributed by atoms with Crippen LogP contribution in [0.4, 0.5) is 5.69 Å². The number of hydrogen-bond donors (Lipinski definition) is 1. The van der Waals surface area contributed by atoms with Gasteiger partial charge < -0.3 is 10.1 Å². The number of carbonyl (C=O) groups excluding carboxylic acids is 1. The molecule has 0 spiro atoms. The van der Waals surface area contributed by atoms with Crippen molar-refractivity contribution in [2.45, 2.75) is 13.0 Å². The van der Waals surface area contributed by atoms with Crippen LogP contribution in [0.3, 0.4) is 0 Å². The van der Waals surface area contributed by atoms with Gasteiger partial charge in [-0.15, -0.1) is 0 Å². The minimum absolute atomic E-state index is 0.213. The summed E-state index contributed by atoms with van der Waals surface area (Å²) in [6, 6.07) is 17.7. The molecule has 1 atom stereocenters. The lowest BCUT2D eigenvalue weighted by atomic mass is 10.1. The molecular formula is C16H17NO2. The van der Waals surface area contributed by atoms with Crippen LogP contribution in [0.5, 0.6) is 0 Å². The monoisotopic (exact) mass is 255 g/mol. The van der Waals surface area contributed by atoms with Crippen LogP contribution in [0.25, 0.3) is 0 Å². The van der Waals surface area contributed by atoms with Gasteiger partial charge in [0, 0.05) is 11.7 Å². The first-order valence-electron chi connectivity index (χ1n) is 6.20. The molecule has 0 aliphatic heterocycles. The Morgan fingerprint density at radius 3 is 2.26 bits per heavy atom. The number of esters is 1. The Morgan fingerprint density at radius 2 is 1.68 bits per heavy atom. The zero-order chi connectivity index (χ0) is 13.7. The summed E-state index contributed by atoms with van der Waals surface area (Å²) in [6.45, 7) is 2.10. The highest BCUT2D eigenvalue weighted by Crippen LogP contribution is 2.19. The summed E-state index contributed by atoms with van der Waals surface area (Å²) in [4.78, 5) is 11.3. The van der Waals surface area contributed by atoms with Gasteiger partial charge >= 0.3 is 5.97 Å². The summed E-state index contributed by atoms with van der Waals surface area (Å²) < 4.78 is 4.67. The average molecular weight is 255 g/mol. The third-order valence-corrected chi connectivity index (χ3v) is 2.99. The number of nitrogens with one attached hydrogen (secondary N) is 1. The molecule has 2 aromatic carbocycles. The van der Waals surface area contributed by atoms with E-state index in [4.69, 9.17) is 0 Å². The second-order valence-electron chi connectivity index (χ2n) is 4.35. The largest absolute Gasteiger partial charge is 0.465 e. The molecule has 0 radical (unpaired) electrons. The average Bonchev–Trinajstić information content (AvgIpc) is 2.48. The number of hydrogen-bond acceptors (Lipinski definition) is 3. The maximum absolute atomic E-state index is 11.3. The third-order valence-electron chi connectivity index (χ3n) is 2.99. The summed E-state index contributed by atoms with van der Waals surface area (Å²) in [5.74, 6) is -0.317. The fraction of sp³-hybridized carbons (Fsp3) is 0.188. The Kier molecular flexibility index (Phi) is 4.18. The van der Waals surface area contributed by atoms with Crippen LogP contribution in [-0.4, -0.2) is 13.1 Å². The van der Waals surface area contributed by atoms with Crippen molar-refractivity contribution in [2.24, 2.45) is 0 Å². The van der Waals surface area contributed by atoms with E-state index in [1.54, 1.807) is 12.1 Å². The molecule has 2 aromatic rings. The van der Waals surface area contributed by atoms with Gasteiger partial charge in [0.25, 0.3) is 0 Å². The molecule has 0 aliphatic rings. The molecule has 0 heterocycles. The molecular weight excluding hydrogens is 238 g/mol. The van der Waals surface area contributed by atoms with E-state index in [2.05, 4.69) is 29.1 Å². The molecule has 0 fully saturated rings. The summed E-state index contributed by atoms with van der Waals surface area (Å²) in [5.41, 5.74) is 2.75. The van der Waals surface area contributed by atoms with E-state index < -0.39 is 0 Å². The number of ether oxygens (including phenoxy) is 1. The molecule has 3 nitrogen and oxygen atoms in total. The zero-order valence-corrected chi connectivity index (χ0v) is 11.1. The summed E-state index contributed by atoms with van der Waals surface area (Å²) in [5, 5.41) is 3.39. The third kappa shape index (κ3) is 3.35. The Labute approximate surface area is 113 Å². The van der Waals surface area contributed by atoms with E-state index in [0.29, 0.717) is 5.56 Å². The van der Waals surface area contributed by atoms with Crippen LogP contribution in [0.15, 0.2) is 54.6 Å². The van der Waals surface area contributed by atoms with Crippen molar-refractivity contribution in [2.75, 3.05) is 12.4 Å². The van der Waals surface area contributed by atoms with Crippen LogP contribution >= 0.6 is 0 Å². The normalized spacial score (nSPS) is 11.7. The lowest BCUT2D eigenvalue weighted by Gasteiger charge is -2.15. The highest BCUT2D eigenvalue weighted by molar-refractivity contribution is 5.89. The number of benzene rings is 2. The second-order valence-corrected chi connectivity index (χ2v) is 4.35. The van der Waals surface area contributed by atoms with Crippen molar-refractivity contribution < 1.29 is 9.53 Å². The predicted molar refractivity (Wildman–Crippen MR) is 76.3 cm³/mol. The zero-order valence-electron chi connectivity index (χ0n) is 11.1. The Balaban J connectivity index is 2.06. The molecule has 98 valence electrons. The molecule has 0 bridgehead atoms. The van der Waals surface area contributed by atoms with Gasteiger partial charge in [0.1, 0.15) is 0 Å². The van der Waals surface area contributed by atoms with Crippen molar-refractivity contribution in [1.29, 1.82) is 0 Å². The molecule has 0 saturated carbocycles.